The van der Waals surface area contributed by atoms with Crippen LogP contribution in [0, 0.1) is 17.2 Å². The topological polar surface area (TPSA) is 54.0 Å². The van der Waals surface area contributed by atoms with E-state index in [-0.39, 0.29) is 5.43 Å². The SMILES string of the molecule is Cc1ccc2occ([Se]C#N)c(=O)c2c1. The van der Waals surface area contributed by atoms with Gasteiger partial charge in [-0.3, -0.25) is 0 Å². The average molecular weight is 264 g/mol. The number of nitriles is 1. The number of benzene rings is 1. The van der Waals surface area contributed by atoms with Gasteiger partial charge in [-0.05, 0) is 0 Å². The van der Waals surface area contributed by atoms with E-state index in [0.717, 1.165) is 5.56 Å². The summed E-state index contributed by atoms with van der Waals surface area (Å²) in [5, 5.41) is 9.13. The van der Waals surface area contributed by atoms with Crippen LogP contribution in [0.4, 0.5) is 0 Å². The molecule has 1 aromatic heterocycles. The molecule has 0 unspecified atom stereocenters. The van der Waals surface area contributed by atoms with Crippen molar-refractivity contribution in [3.63, 3.8) is 0 Å². The summed E-state index contributed by atoms with van der Waals surface area (Å²) >= 11 is -0.460. The van der Waals surface area contributed by atoms with Gasteiger partial charge in [0, 0.05) is 0 Å². The summed E-state index contributed by atoms with van der Waals surface area (Å²) in [5.74, 6) is 0. The van der Waals surface area contributed by atoms with Gasteiger partial charge in [0.25, 0.3) is 0 Å². The third kappa shape index (κ3) is 1.80. The predicted molar refractivity (Wildman–Crippen MR) is 58.2 cm³/mol. The zero-order chi connectivity index (χ0) is 10.8. The molecule has 0 amide bonds. The van der Waals surface area contributed by atoms with Gasteiger partial charge < -0.3 is 0 Å². The molecule has 2 aromatic rings. The summed E-state index contributed by atoms with van der Waals surface area (Å²) in [5.41, 5.74) is 1.50. The average Bonchev–Trinajstić information content (AvgIpc) is 2.23. The first kappa shape index (κ1) is 9.97. The van der Waals surface area contributed by atoms with Gasteiger partial charge in [-0.25, -0.2) is 0 Å². The Balaban J connectivity index is 2.78. The molecule has 3 nitrogen and oxygen atoms in total. The van der Waals surface area contributed by atoms with Gasteiger partial charge in [-0.2, -0.15) is 0 Å². The van der Waals surface area contributed by atoms with Crippen LogP contribution in [0.5, 0.6) is 0 Å². The first-order valence-electron chi connectivity index (χ1n) is 4.30. The fourth-order valence-corrected chi connectivity index (χ4v) is 2.18. The summed E-state index contributed by atoms with van der Waals surface area (Å²) in [6.07, 6.45) is 1.39. The summed E-state index contributed by atoms with van der Waals surface area (Å²) < 4.78 is 5.77. The first-order chi connectivity index (χ1) is 7.22. The Morgan fingerprint density at radius 3 is 3.00 bits per heavy atom. The molecular formula is C11H7NO2Se. The molecule has 0 aliphatic carbocycles. The Hall–Kier alpha value is -1.56. The zero-order valence-electron chi connectivity index (χ0n) is 7.98. The number of hydrogen-bond donors (Lipinski definition) is 0. The van der Waals surface area contributed by atoms with Crippen LogP contribution in [0.3, 0.4) is 0 Å². The Kier molecular flexibility index (Phi) is 2.59. The van der Waals surface area contributed by atoms with Crippen molar-refractivity contribution in [2.45, 2.75) is 6.92 Å². The molecule has 1 heterocycles. The maximum atomic E-state index is 11.9. The number of aryl methyl sites for hydroxylation is 1. The van der Waals surface area contributed by atoms with Crippen LogP contribution in [0.2, 0.25) is 0 Å². The Morgan fingerprint density at radius 1 is 1.47 bits per heavy atom. The van der Waals surface area contributed by atoms with E-state index in [4.69, 9.17) is 9.68 Å². The quantitative estimate of drug-likeness (QED) is 0.719. The first-order valence-corrected chi connectivity index (χ1v) is 6.02. The van der Waals surface area contributed by atoms with Gasteiger partial charge in [-0.15, -0.1) is 0 Å². The number of fused-ring (bicyclic) bond motifs is 1. The molecule has 0 atom stereocenters. The third-order valence-corrected chi connectivity index (χ3v) is 3.30. The monoisotopic (exact) mass is 265 g/mol. The molecular weight excluding hydrogens is 257 g/mol. The van der Waals surface area contributed by atoms with E-state index in [1.807, 2.05) is 18.0 Å². The maximum absolute atomic E-state index is 11.9. The molecule has 0 aliphatic heterocycles. The molecule has 74 valence electrons. The molecule has 0 N–H and O–H groups in total. The summed E-state index contributed by atoms with van der Waals surface area (Å²) in [7, 11) is 0. The molecule has 2 rings (SSSR count). The fraction of sp³-hybridized carbons (Fsp3) is 0.0909. The van der Waals surface area contributed by atoms with E-state index in [2.05, 4.69) is 0 Å². The standard InChI is InChI=1S/C11H7NO2Se/c1-7-2-3-9-8(4-7)11(13)10(5-14-9)15-6-12/h2-5H,1H3. The second kappa shape index (κ2) is 3.90. The molecule has 0 aliphatic rings. The normalized spacial score (nSPS) is 10.1. The van der Waals surface area contributed by atoms with Crippen molar-refractivity contribution in [3.05, 3.63) is 40.2 Å². The van der Waals surface area contributed by atoms with E-state index in [1.54, 1.807) is 12.1 Å². The van der Waals surface area contributed by atoms with Crippen molar-refractivity contribution < 1.29 is 4.42 Å². The second-order valence-electron chi connectivity index (χ2n) is 3.12. The molecule has 0 spiro atoms. The van der Waals surface area contributed by atoms with E-state index in [9.17, 15) is 4.79 Å². The Morgan fingerprint density at radius 2 is 2.27 bits per heavy atom. The van der Waals surface area contributed by atoms with Gasteiger partial charge in [-0.1, -0.05) is 0 Å². The summed E-state index contributed by atoms with van der Waals surface area (Å²) in [6, 6.07) is 5.45. The Labute approximate surface area is 92.5 Å². The van der Waals surface area contributed by atoms with E-state index < -0.39 is 15.0 Å². The summed E-state index contributed by atoms with van der Waals surface area (Å²) in [6.45, 7) is 1.92. The van der Waals surface area contributed by atoms with Crippen LogP contribution in [-0.2, 0) is 0 Å². The zero-order valence-corrected chi connectivity index (χ0v) is 9.69. The molecule has 0 radical (unpaired) electrons. The van der Waals surface area contributed by atoms with Crippen molar-refractivity contribution in [1.29, 1.82) is 5.26 Å². The van der Waals surface area contributed by atoms with Crippen LogP contribution >= 0.6 is 0 Å². The van der Waals surface area contributed by atoms with Crippen molar-refractivity contribution in [2.24, 2.45) is 0 Å². The number of hydrogen-bond acceptors (Lipinski definition) is 3. The van der Waals surface area contributed by atoms with Gasteiger partial charge in [0.2, 0.25) is 0 Å². The van der Waals surface area contributed by atoms with E-state index in [1.165, 1.54) is 6.26 Å². The molecule has 15 heavy (non-hydrogen) atoms. The van der Waals surface area contributed by atoms with Crippen LogP contribution in [-0.4, -0.2) is 15.0 Å². The molecule has 0 bridgehead atoms. The van der Waals surface area contributed by atoms with Crippen molar-refractivity contribution >= 4 is 30.4 Å². The minimum atomic E-state index is -0.460. The van der Waals surface area contributed by atoms with E-state index in [0.29, 0.717) is 15.4 Å². The van der Waals surface area contributed by atoms with Gasteiger partial charge in [0.1, 0.15) is 0 Å². The van der Waals surface area contributed by atoms with Crippen molar-refractivity contribution in [1.82, 2.24) is 0 Å². The second-order valence-corrected chi connectivity index (χ2v) is 4.86. The predicted octanol–water partition coefficient (Wildman–Crippen LogP) is 0.912. The summed E-state index contributed by atoms with van der Waals surface area (Å²) in [4.78, 5) is 13.9. The van der Waals surface area contributed by atoms with Crippen LogP contribution in [0.15, 0.2) is 33.7 Å². The number of rotatable bonds is 1. The molecule has 0 saturated heterocycles. The van der Waals surface area contributed by atoms with Crippen LogP contribution in [0.25, 0.3) is 11.0 Å². The molecule has 4 heteroatoms. The van der Waals surface area contributed by atoms with Crippen molar-refractivity contribution in [2.75, 3.05) is 0 Å². The van der Waals surface area contributed by atoms with Gasteiger partial charge in [0.15, 0.2) is 0 Å². The molecule has 0 fully saturated rings. The molecule has 0 saturated carbocycles. The minimum absolute atomic E-state index is 0.0819. The Bertz CT molecular complexity index is 610. The van der Waals surface area contributed by atoms with E-state index >= 15 is 0 Å². The molecule has 1 aromatic carbocycles. The van der Waals surface area contributed by atoms with Gasteiger partial charge >= 0.3 is 92.2 Å². The van der Waals surface area contributed by atoms with Crippen LogP contribution in [0.1, 0.15) is 5.56 Å². The van der Waals surface area contributed by atoms with Crippen LogP contribution < -0.4 is 9.89 Å². The van der Waals surface area contributed by atoms with Gasteiger partial charge in [0.05, 0.1) is 0 Å². The number of nitrogens with zero attached hydrogens (tertiary/aromatic N) is 1. The third-order valence-electron chi connectivity index (χ3n) is 2.05. The fourth-order valence-electron chi connectivity index (χ4n) is 1.35. The van der Waals surface area contributed by atoms with Crippen molar-refractivity contribution in [3.8, 4) is 4.97 Å².